The van der Waals surface area contributed by atoms with Crippen LogP contribution < -0.4 is 15.0 Å². The van der Waals surface area contributed by atoms with Crippen LogP contribution in [0.1, 0.15) is 68.2 Å². The number of piperazine rings is 1. The Morgan fingerprint density at radius 3 is 2.66 bits per heavy atom. The largest absolute Gasteiger partial charge is 0.462 e. The van der Waals surface area contributed by atoms with Crippen molar-refractivity contribution in [3.05, 3.63) is 53.2 Å². The van der Waals surface area contributed by atoms with Crippen LogP contribution in [0.5, 0.6) is 6.01 Å². The van der Waals surface area contributed by atoms with E-state index in [9.17, 15) is 10.1 Å². The molecule has 1 aromatic carbocycles. The number of aryl methyl sites for hydroxylation is 2. The maximum atomic E-state index is 13.1. The fraction of sp³-hybridized carbons (Fsp3) is 0.622. The van der Waals surface area contributed by atoms with E-state index >= 15 is 0 Å². The van der Waals surface area contributed by atoms with Crippen LogP contribution in [-0.4, -0.2) is 109 Å². The first-order chi connectivity index (χ1) is 23.1. The van der Waals surface area contributed by atoms with Crippen LogP contribution in [0.2, 0.25) is 0 Å². The molecule has 5 aliphatic rings. The molecule has 3 fully saturated rings. The van der Waals surface area contributed by atoms with E-state index in [2.05, 4.69) is 57.4 Å². The van der Waals surface area contributed by atoms with Crippen molar-refractivity contribution in [2.24, 2.45) is 0 Å². The first-order valence-corrected chi connectivity index (χ1v) is 17.9. The Kier molecular flexibility index (Phi) is 11.6. The van der Waals surface area contributed by atoms with Crippen LogP contribution in [-0.2, 0) is 24.1 Å². The second-order valence-corrected chi connectivity index (χ2v) is 13.6. The third-order valence-electron chi connectivity index (χ3n) is 10.4. The second-order valence-electron chi connectivity index (χ2n) is 13.6. The lowest BCUT2D eigenvalue weighted by Gasteiger charge is -2.41. The van der Waals surface area contributed by atoms with Crippen molar-refractivity contribution in [1.29, 1.82) is 5.26 Å². The molecule has 4 aliphatic heterocycles. The van der Waals surface area contributed by atoms with Gasteiger partial charge < -0.3 is 24.8 Å². The summed E-state index contributed by atoms with van der Waals surface area (Å²) in [5.74, 6) is 0.951. The maximum Gasteiger partial charge on any atom is 0.318 e. The summed E-state index contributed by atoms with van der Waals surface area (Å²) < 4.78 is 6.16. The summed E-state index contributed by atoms with van der Waals surface area (Å²) >= 11 is 0. The first kappa shape index (κ1) is 33.2. The van der Waals surface area contributed by atoms with Gasteiger partial charge in [0.25, 0.3) is 0 Å². The number of anilines is 2. The molecule has 47 heavy (non-hydrogen) atoms. The molecule has 3 saturated heterocycles. The highest BCUT2D eigenvalue weighted by Crippen LogP contribution is 2.32. The predicted molar refractivity (Wildman–Crippen MR) is 186 cm³/mol. The summed E-state index contributed by atoms with van der Waals surface area (Å²) in [7, 11) is 2.15. The van der Waals surface area contributed by atoms with E-state index in [1.807, 2.05) is 11.0 Å². The van der Waals surface area contributed by atoms with Crippen LogP contribution in [0.4, 0.5) is 11.5 Å². The number of likely N-dealkylation sites (N-methyl/N-ethyl adjacent to an activating group) is 1. The zero-order valence-corrected chi connectivity index (χ0v) is 28.2. The van der Waals surface area contributed by atoms with Crippen molar-refractivity contribution in [1.82, 2.24) is 24.7 Å². The topological polar surface area (TPSA) is 101 Å². The van der Waals surface area contributed by atoms with Gasteiger partial charge in [0.1, 0.15) is 12.4 Å². The summed E-state index contributed by atoms with van der Waals surface area (Å²) in [5, 5.41) is 12.9. The van der Waals surface area contributed by atoms with E-state index in [4.69, 9.17) is 14.7 Å². The molecular formula is C37H52N8O2. The first-order valence-electron chi connectivity index (χ1n) is 17.9. The summed E-state index contributed by atoms with van der Waals surface area (Å²) in [4.78, 5) is 31.7. The van der Waals surface area contributed by atoms with E-state index in [1.165, 1.54) is 48.9 Å². The zero-order valence-electron chi connectivity index (χ0n) is 28.2. The predicted octanol–water partition coefficient (Wildman–Crippen LogP) is 4.46. The highest BCUT2D eigenvalue weighted by Gasteiger charge is 2.33. The van der Waals surface area contributed by atoms with Gasteiger partial charge in [0.15, 0.2) is 0 Å². The molecule has 1 amide bonds. The lowest BCUT2D eigenvalue weighted by molar-refractivity contribution is -0.128. The van der Waals surface area contributed by atoms with Gasteiger partial charge in [0, 0.05) is 56.1 Å². The molecule has 1 aliphatic carbocycles. The molecule has 7 rings (SSSR count). The number of nitriles is 1. The Labute approximate surface area is 280 Å². The molecule has 0 spiro atoms. The SMILES string of the molecule is CN1CCC[C@H]1COc1nc2c(c(N3CCN(C(=O)/C=C/CN4CCCC4)[C@@H](CC#N)C3)n1)CCCC2.c1ccc2c(c1)CCCN2. The van der Waals surface area contributed by atoms with E-state index in [0.717, 1.165) is 76.3 Å². The number of hydrogen-bond acceptors (Lipinski definition) is 9. The average Bonchev–Trinajstić information content (AvgIpc) is 3.79. The molecular weight excluding hydrogens is 588 g/mol. The normalized spacial score (nSPS) is 23.0. The number of nitrogens with one attached hydrogen (secondary N) is 1. The van der Waals surface area contributed by atoms with E-state index in [0.29, 0.717) is 44.7 Å². The standard InChI is InChI=1S/C28H41N7O2.C9H11N/c1-32-14-6-8-23(32)21-37-28-30-25-10-3-2-9-24(25)27(31-28)34-18-19-35(22(20-34)12-13-29)26(36)11-7-17-33-15-4-5-16-33;1-2-6-9-8(4-1)5-3-7-10-9/h7,11,22-23H,2-6,8-10,12,14-21H2,1H3;1-2,4,6,10H,3,5,7H2/b11-7+;/t22-,23-;/m0./s1. The summed E-state index contributed by atoms with van der Waals surface area (Å²) in [6.45, 7) is 7.79. The fourth-order valence-corrected chi connectivity index (χ4v) is 7.63. The van der Waals surface area contributed by atoms with Gasteiger partial charge in [-0.3, -0.25) is 9.69 Å². The number of nitrogens with zero attached hydrogens (tertiary/aromatic N) is 7. The van der Waals surface area contributed by atoms with Gasteiger partial charge in [0.05, 0.1) is 24.2 Å². The Hall–Kier alpha value is -3.68. The number of amides is 1. The third-order valence-corrected chi connectivity index (χ3v) is 10.4. The number of benzene rings is 1. The van der Waals surface area contributed by atoms with Crippen molar-refractivity contribution in [3.8, 4) is 12.1 Å². The Balaban J connectivity index is 0.000000327. The van der Waals surface area contributed by atoms with Gasteiger partial charge in [-0.2, -0.15) is 15.2 Å². The van der Waals surface area contributed by atoms with Gasteiger partial charge >= 0.3 is 6.01 Å². The van der Waals surface area contributed by atoms with Crippen LogP contribution in [0.15, 0.2) is 36.4 Å². The number of fused-ring (bicyclic) bond motifs is 2. The Bertz CT molecular complexity index is 1390. The average molecular weight is 641 g/mol. The molecule has 252 valence electrons. The lowest BCUT2D eigenvalue weighted by atomic mass is 9.95. The highest BCUT2D eigenvalue weighted by molar-refractivity contribution is 5.88. The quantitative estimate of drug-likeness (QED) is 0.420. The minimum absolute atomic E-state index is 0.00789. The molecule has 10 heteroatoms. The maximum absolute atomic E-state index is 13.1. The minimum Gasteiger partial charge on any atom is -0.462 e. The molecule has 0 unspecified atom stereocenters. The number of carbonyl (C=O) groups is 1. The molecule has 1 N–H and O–H groups in total. The van der Waals surface area contributed by atoms with E-state index < -0.39 is 0 Å². The van der Waals surface area contributed by atoms with Crippen LogP contribution in [0, 0.1) is 11.3 Å². The van der Waals surface area contributed by atoms with Crippen LogP contribution in [0.25, 0.3) is 0 Å². The number of likely N-dealkylation sites (tertiary alicyclic amines) is 2. The number of rotatable bonds is 8. The molecule has 0 saturated carbocycles. The zero-order chi connectivity index (χ0) is 32.4. The van der Waals surface area contributed by atoms with Gasteiger partial charge in [-0.25, -0.2) is 0 Å². The fourth-order valence-electron chi connectivity index (χ4n) is 7.63. The monoisotopic (exact) mass is 640 g/mol. The van der Waals surface area contributed by atoms with Crippen molar-refractivity contribution in [3.63, 3.8) is 0 Å². The number of para-hydroxylation sites is 1. The van der Waals surface area contributed by atoms with Gasteiger partial charge in [0.2, 0.25) is 5.91 Å². The van der Waals surface area contributed by atoms with Gasteiger partial charge in [-0.05, 0) is 103 Å². The molecule has 0 bridgehead atoms. The molecule has 10 nitrogen and oxygen atoms in total. The lowest BCUT2D eigenvalue weighted by Crippen LogP contribution is -2.55. The minimum atomic E-state index is -0.159. The van der Waals surface area contributed by atoms with Crippen molar-refractivity contribution < 1.29 is 9.53 Å². The Morgan fingerprint density at radius 2 is 1.85 bits per heavy atom. The third kappa shape index (κ3) is 8.62. The van der Waals surface area contributed by atoms with Crippen LogP contribution >= 0.6 is 0 Å². The second kappa shape index (κ2) is 16.4. The summed E-state index contributed by atoms with van der Waals surface area (Å²) in [6.07, 6.45) is 15.5. The van der Waals surface area contributed by atoms with Gasteiger partial charge in [-0.1, -0.05) is 24.3 Å². The van der Waals surface area contributed by atoms with Gasteiger partial charge in [-0.15, -0.1) is 0 Å². The molecule has 2 aromatic rings. The summed E-state index contributed by atoms with van der Waals surface area (Å²) in [6, 6.07) is 11.6. The number of carbonyl (C=O) groups excluding carboxylic acids is 1. The molecule has 5 heterocycles. The summed E-state index contributed by atoms with van der Waals surface area (Å²) in [5.41, 5.74) is 5.12. The van der Waals surface area contributed by atoms with Crippen molar-refractivity contribution in [2.75, 3.05) is 76.2 Å². The molecule has 2 atom stereocenters. The smallest absolute Gasteiger partial charge is 0.318 e. The van der Waals surface area contributed by atoms with Crippen molar-refractivity contribution in [2.45, 2.75) is 82.7 Å². The van der Waals surface area contributed by atoms with Crippen LogP contribution in [0.3, 0.4) is 0 Å². The molecule has 1 aromatic heterocycles. The van der Waals surface area contributed by atoms with E-state index in [-0.39, 0.29) is 11.9 Å². The van der Waals surface area contributed by atoms with Crippen molar-refractivity contribution >= 4 is 17.4 Å². The number of ether oxygens (including phenoxy) is 1. The number of hydrogen-bond donors (Lipinski definition) is 1. The van der Waals surface area contributed by atoms with E-state index in [1.54, 1.807) is 6.08 Å². The Morgan fingerprint density at radius 1 is 1.00 bits per heavy atom. The number of aromatic nitrogens is 2. The molecule has 0 radical (unpaired) electrons. The highest BCUT2D eigenvalue weighted by atomic mass is 16.5.